The van der Waals surface area contributed by atoms with E-state index in [0.717, 1.165) is 12.8 Å². The van der Waals surface area contributed by atoms with Gasteiger partial charge in [-0.3, -0.25) is 10.3 Å². The minimum Gasteiger partial charge on any atom is -0.480 e. The number of nitriles is 1. The molecule has 5 heteroatoms. The van der Waals surface area contributed by atoms with E-state index in [1.54, 1.807) is 12.1 Å². The summed E-state index contributed by atoms with van der Waals surface area (Å²) in [6, 6.07) is 7.48. The molecular weight excluding hydrogens is 322 g/mol. The van der Waals surface area contributed by atoms with Gasteiger partial charge in [0, 0.05) is 5.02 Å². The molecule has 0 saturated heterocycles. The summed E-state index contributed by atoms with van der Waals surface area (Å²) < 4.78 is 6.07. The van der Waals surface area contributed by atoms with Crippen molar-refractivity contribution in [2.45, 2.75) is 70.4 Å². The Labute approximate surface area is 149 Å². The Kier molecular flexibility index (Phi) is 6.93. The molecule has 0 radical (unpaired) electrons. The first-order valence-electron chi connectivity index (χ1n) is 8.69. The monoisotopic (exact) mass is 347 g/mol. The first-order chi connectivity index (χ1) is 11.5. The molecule has 1 N–H and O–H groups in total. The number of hydrogen-bond donors (Lipinski definition) is 1. The fourth-order valence-electron chi connectivity index (χ4n) is 2.98. The van der Waals surface area contributed by atoms with Gasteiger partial charge in [-0.05, 0) is 51.0 Å². The molecule has 0 aliphatic heterocycles. The van der Waals surface area contributed by atoms with Gasteiger partial charge in [0.15, 0.2) is 17.6 Å². The van der Waals surface area contributed by atoms with Crippen LogP contribution >= 0.6 is 11.6 Å². The van der Waals surface area contributed by atoms with Crippen LogP contribution < -0.4 is 10.1 Å². The molecule has 2 rings (SSSR count). The van der Waals surface area contributed by atoms with Gasteiger partial charge in [0.05, 0.1) is 6.04 Å². The van der Waals surface area contributed by atoms with Crippen LogP contribution in [0.1, 0.15) is 58.8 Å². The smallest absolute Gasteiger partial charge is 0.182 e. The average molecular weight is 348 g/mol. The molecule has 1 fully saturated rings. The zero-order valence-corrected chi connectivity index (χ0v) is 15.3. The zero-order chi connectivity index (χ0) is 17.4. The zero-order valence-electron chi connectivity index (χ0n) is 14.5. The molecule has 0 heterocycles. The molecule has 1 aliphatic carbocycles. The molecule has 1 aliphatic rings. The molecule has 0 spiro atoms. The number of nitrogens with zero attached hydrogens (tertiary/aromatic N) is 2. The number of hydrogen-bond acceptors (Lipinski definition) is 3. The van der Waals surface area contributed by atoms with Crippen LogP contribution in [0.5, 0.6) is 5.75 Å². The Morgan fingerprint density at radius 1 is 1.17 bits per heavy atom. The molecule has 1 saturated carbocycles. The van der Waals surface area contributed by atoms with Gasteiger partial charge in [-0.25, -0.2) is 0 Å². The lowest BCUT2D eigenvalue weighted by molar-refractivity contribution is 0.178. The van der Waals surface area contributed by atoms with Crippen molar-refractivity contribution in [1.82, 2.24) is 5.32 Å². The van der Waals surface area contributed by atoms with Gasteiger partial charge in [-0.2, -0.15) is 5.26 Å². The van der Waals surface area contributed by atoms with Crippen LogP contribution in [-0.2, 0) is 0 Å². The normalized spacial score (nSPS) is 17.5. The second-order valence-electron chi connectivity index (χ2n) is 6.78. The molecule has 24 heavy (non-hydrogen) atoms. The van der Waals surface area contributed by atoms with Crippen molar-refractivity contribution >= 4 is 17.4 Å². The molecule has 4 nitrogen and oxygen atoms in total. The summed E-state index contributed by atoms with van der Waals surface area (Å²) in [6.45, 7) is 3.85. The summed E-state index contributed by atoms with van der Waals surface area (Å²) in [5.41, 5.74) is -0.716. The summed E-state index contributed by atoms with van der Waals surface area (Å²) in [5, 5.41) is 12.5. The molecule has 1 aromatic rings. The second-order valence-corrected chi connectivity index (χ2v) is 7.22. The number of ether oxygens (including phenoxy) is 1. The first-order valence-corrected chi connectivity index (χ1v) is 9.07. The van der Waals surface area contributed by atoms with Crippen molar-refractivity contribution in [2.24, 2.45) is 4.99 Å². The van der Waals surface area contributed by atoms with Crippen LogP contribution in [0.25, 0.3) is 0 Å². The fourth-order valence-corrected chi connectivity index (χ4v) is 3.11. The van der Waals surface area contributed by atoms with Crippen molar-refractivity contribution in [1.29, 1.82) is 5.26 Å². The van der Waals surface area contributed by atoms with E-state index in [9.17, 15) is 0 Å². The van der Waals surface area contributed by atoms with Crippen molar-refractivity contribution in [3.05, 3.63) is 29.3 Å². The Morgan fingerprint density at radius 2 is 1.75 bits per heavy atom. The molecule has 1 aromatic carbocycles. The van der Waals surface area contributed by atoms with Crippen molar-refractivity contribution in [3.63, 3.8) is 0 Å². The number of amidine groups is 1. The van der Waals surface area contributed by atoms with Crippen LogP contribution in [0.15, 0.2) is 29.3 Å². The Morgan fingerprint density at radius 3 is 2.33 bits per heavy atom. The highest BCUT2D eigenvalue weighted by atomic mass is 35.5. The predicted molar refractivity (Wildman–Crippen MR) is 98.4 cm³/mol. The third-order valence-corrected chi connectivity index (χ3v) is 4.57. The third kappa shape index (κ3) is 5.72. The lowest BCUT2D eigenvalue weighted by Gasteiger charge is -2.29. The maximum Gasteiger partial charge on any atom is 0.182 e. The van der Waals surface area contributed by atoms with Gasteiger partial charge in [-0.1, -0.05) is 43.7 Å². The lowest BCUT2D eigenvalue weighted by Crippen LogP contribution is -2.46. The van der Waals surface area contributed by atoms with Gasteiger partial charge >= 0.3 is 0 Å². The predicted octanol–water partition coefficient (Wildman–Crippen LogP) is 5.08. The van der Waals surface area contributed by atoms with Gasteiger partial charge in [0.1, 0.15) is 5.75 Å². The number of benzene rings is 1. The summed E-state index contributed by atoms with van der Waals surface area (Å²) in [5.74, 6) is 1.29. The van der Waals surface area contributed by atoms with E-state index >= 15 is 0 Å². The van der Waals surface area contributed by atoms with Crippen LogP contribution in [-0.4, -0.2) is 17.5 Å². The molecule has 130 valence electrons. The van der Waals surface area contributed by atoms with Gasteiger partial charge in [0.25, 0.3) is 0 Å². The van der Waals surface area contributed by atoms with E-state index in [-0.39, 0.29) is 6.04 Å². The Bertz CT molecular complexity index is 582. The largest absolute Gasteiger partial charge is 0.480 e. The fraction of sp³-hybridized carbons (Fsp3) is 0.579. The summed E-state index contributed by atoms with van der Waals surface area (Å²) in [4.78, 5) is 4.84. The van der Waals surface area contributed by atoms with Crippen molar-refractivity contribution in [3.8, 4) is 11.9 Å². The SMILES string of the molecule is CC(C)(Oc1ccc(Cl)cc1)C(=NC1CCCCCCC1)NC#N. The third-order valence-electron chi connectivity index (χ3n) is 4.32. The van der Waals surface area contributed by atoms with E-state index < -0.39 is 5.60 Å². The average Bonchev–Trinajstić information content (AvgIpc) is 2.51. The van der Waals surface area contributed by atoms with Crippen LogP contribution in [0.3, 0.4) is 0 Å². The number of rotatable bonds is 4. The Balaban J connectivity index is 2.15. The molecule has 0 atom stereocenters. The molecule has 0 amide bonds. The molecule has 0 unspecified atom stereocenters. The molecular formula is C19H26ClN3O. The van der Waals surface area contributed by atoms with E-state index in [4.69, 9.17) is 26.6 Å². The highest BCUT2D eigenvalue weighted by Crippen LogP contribution is 2.24. The summed E-state index contributed by atoms with van der Waals surface area (Å²) in [6.07, 6.45) is 10.4. The first kappa shape index (κ1) is 18.6. The minimum atomic E-state index is -0.716. The highest BCUT2D eigenvalue weighted by molar-refractivity contribution is 6.30. The Hall–Kier alpha value is -1.73. The van der Waals surface area contributed by atoms with Gasteiger partial charge < -0.3 is 4.74 Å². The quantitative estimate of drug-likeness (QED) is 0.357. The van der Waals surface area contributed by atoms with Crippen molar-refractivity contribution in [2.75, 3.05) is 0 Å². The van der Waals surface area contributed by atoms with E-state index in [2.05, 4.69) is 5.32 Å². The lowest BCUT2D eigenvalue weighted by atomic mass is 9.96. The topological polar surface area (TPSA) is 57.4 Å². The van der Waals surface area contributed by atoms with Crippen LogP contribution in [0, 0.1) is 11.5 Å². The summed E-state index contributed by atoms with van der Waals surface area (Å²) in [7, 11) is 0. The van der Waals surface area contributed by atoms with Crippen LogP contribution in [0.4, 0.5) is 0 Å². The highest BCUT2D eigenvalue weighted by Gasteiger charge is 2.29. The maximum absolute atomic E-state index is 9.12. The minimum absolute atomic E-state index is 0.259. The van der Waals surface area contributed by atoms with Crippen molar-refractivity contribution < 1.29 is 4.74 Å². The van der Waals surface area contributed by atoms with Crippen LogP contribution in [0.2, 0.25) is 5.02 Å². The van der Waals surface area contributed by atoms with Gasteiger partial charge in [0.2, 0.25) is 0 Å². The van der Waals surface area contributed by atoms with E-state index in [1.807, 2.05) is 32.2 Å². The standard InChI is InChI=1S/C19H26ClN3O/c1-19(2,24-17-12-10-15(20)11-13-17)18(22-14-21)23-16-8-6-4-3-5-7-9-16/h10-13,16H,3-9H2,1-2H3,(H,22,23). The van der Waals surface area contributed by atoms with Gasteiger partial charge in [-0.15, -0.1) is 0 Å². The molecule has 0 aromatic heterocycles. The van der Waals surface area contributed by atoms with E-state index in [0.29, 0.717) is 16.6 Å². The number of nitrogens with one attached hydrogen (secondary N) is 1. The number of halogens is 1. The second kappa shape index (κ2) is 8.94. The molecule has 0 bridgehead atoms. The maximum atomic E-state index is 9.12. The summed E-state index contributed by atoms with van der Waals surface area (Å²) >= 11 is 5.92. The van der Waals surface area contributed by atoms with E-state index in [1.165, 1.54) is 32.1 Å². The number of aliphatic imine (C=N–C) groups is 1.